The molecule has 9 heteroatoms. The molecule has 3 heterocycles. The summed E-state index contributed by atoms with van der Waals surface area (Å²) in [7, 11) is 0. The zero-order valence-electron chi connectivity index (χ0n) is 21.3. The number of nitrogens with one attached hydrogen (secondary N) is 1. The predicted molar refractivity (Wildman–Crippen MR) is 146 cm³/mol. The Morgan fingerprint density at radius 3 is 2.89 bits per heavy atom. The van der Waals surface area contributed by atoms with Gasteiger partial charge in [0.1, 0.15) is 21.7 Å². The van der Waals surface area contributed by atoms with Crippen LogP contribution in [0.5, 0.6) is 11.5 Å². The van der Waals surface area contributed by atoms with Crippen LogP contribution in [0.2, 0.25) is 0 Å². The maximum atomic E-state index is 12.9. The monoisotopic (exact) mass is 535 g/mol. The van der Waals surface area contributed by atoms with Crippen molar-refractivity contribution in [1.82, 2.24) is 4.98 Å². The van der Waals surface area contributed by atoms with E-state index < -0.39 is 0 Å². The SMILES string of the molecule is CCOC(=O)c1c(N/C=C(/C#N)c2nc(-c3ccc4c(c3)OCO4)cs2)sc2c1CC[C@@H](C(C)(C)C)C2. The highest BCUT2D eigenvalue weighted by atomic mass is 32.1. The summed E-state index contributed by atoms with van der Waals surface area (Å²) in [6.07, 6.45) is 4.48. The van der Waals surface area contributed by atoms with Crippen molar-refractivity contribution in [2.45, 2.75) is 47.0 Å². The number of anilines is 1. The molecule has 1 aliphatic carbocycles. The van der Waals surface area contributed by atoms with Gasteiger partial charge in [0.2, 0.25) is 6.79 Å². The van der Waals surface area contributed by atoms with Crippen LogP contribution in [-0.4, -0.2) is 24.4 Å². The zero-order chi connectivity index (χ0) is 26.2. The fourth-order valence-electron chi connectivity index (χ4n) is 4.71. The molecule has 5 rings (SSSR count). The topological polar surface area (TPSA) is 93.5 Å². The largest absolute Gasteiger partial charge is 0.462 e. The first kappa shape index (κ1) is 25.3. The van der Waals surface area contributed by atoms with Gasteiger partial charge in [-0.25, -0.2) is 9.78 Å². The van der Waals surface area contributed by atoms with E-state index >= 15 is 0 Å². The number of benzene rings is 1. The summed E-state index contributed by atoms with van der Waals surface area (Å²) < 4.78 is 16.3. The van der Waals surface area contributed by atoms with E-state index in [2.05, 4.69) is 37.1 Å². The standard InChI is InChI=1S/C28H29N3O4S2/c1-5-33-27(32)24-19-8-7-18(28(2,3)4)11-23(19)37-26(24)30-13-17(12-29)25-31-20(14-36-25)16-6-9-21-22(10-16)35-15-34-21/h6,9-10,13-14,18,30H,5,7-8,11,15H2,1-4H3/b17-13-/t18-/m1/s1. The number of rotatable bonds is 6. The lowest BCUT2D eigenvalue weighted by atomic mass is 9.72. The molecular formula is C28H29N3O4S2. The van der Waals surface area contributed by atoms with Crippen molar-refractivity contribution in [3.8, 4) is 28.8 Å². The number of aromatic nitrogens is 1. The molecule has 0 spiro atoms. The second kappa shape index (κ2) is 10.2. The van der Waals surface area contributed by atoms with Gasteiger partial charge in [-0.3, -0.25) is 0 Å². The maximum absolute atomic E-state index is 12.9. The molecule has 0 saturated carbocycles. The number of fused-ring (bicyclic) bond motifs is 2. The maximum Gasteiger partial charge on any atom is 0.341 e. The Balaban J connectivity index is 1.42. The molecule has 37 heavy (non-hydrogen) atoms. The number of nitriles is 1. The Hall–Kier alpha value is -3.35. The number of thiophene rings is 1. The number of allylic oxidation sites excluding steroid dienone is 1. The van der Waals surface area contributed by atoms with Crippen LogP contribution in [0.25, 0.3) is 16.8 Å². The fourth-order valence-corrected chi connectivity index (χ4v) is 6.79. The molecule has 1 atom stereocenters. The molecule has 0 saturated heterocycles. The summed E-state index contributed by atoms with van der Waals surface area (Å²) in [4.78, 5) is 18.8. The lowest BCUT2D eigenvalue weighted by Crippen LogP contribution is -2.26. The number of esters is 1. The Bertz CT molecular complexity index is 1410. The van der Waals surface area contributed by atoms with Gasteiger partial charge in [0.15, 0.2) is 11.5 Å². The zero-order valence-corrected chi connectivity index (χ0v) is 23.0. The third kappa shape index (κ3) is 5.09. The first-order chi connectivity index (χ1) is 17.8. The lowest BCUT2D eigenvalue weighted by molar-refractivity contribution is 0.0526. The number of hydrogen-bond donors (Lipinski definition) is 1. The van der Waals surface area contributed by atoms with Crippen molar-refractivity contribution < 1.29 is 19.0 Å². The minimum Gasteiger partial charge on any atom is -0.462 e. The summed E-state index contributed by atoms with van der Waals surface area (Å²) in [5, 5.41) is 16.4. The van der Waals surface area contributed by atoms with Crippen molar-refractivity contribution in [3.63, 3.8) is 0 Å². The summed E-state index contributed by atoms with van der Waals surface area (Å²) >= 11 is 2.98. The average molecular weight is 536 g/mol. The molecule has 0 bridgehead atoms. The molecule has 0 unspecified atom stereocenters. The van der Waals surface area contributed by atoms with E-state index in [1.807, 2.05) is 30.5 Å². The van der Waals surface area contributed by atoms with Gasteiger partial charge in [0.25, 0.3) is 0 Å². The van der Waals surface area contributed by atoms with E-state index in [9.17, 15) is 10.1 Å². The molecule has 1 N–H and O–H groups in total. The molecule has 7 nitrogen and oxygen atoms in total. The molecule has 192 valence electrons. The van der Waals surface area contributed by atoms with Crippen LogP contribution in [0.4, 0.5) is 5.00 Å². The predicted octanol–water partition coefficient (Wildman–Crippen LogP) is 6.90. The first-order valence-corrected chi connectivity index (χ1v) is 14.0. The van der Waals surface area contributed by atoms with E-state index in [0.29, 0.717) is 40.2 Å². The van der Waals surface area contributed by atoms with Gasteiger partial charge < -0.3 is 19.5 Å². The van der Waals surface area contributed by atoms with Gasteiger partial charge in [0, 0.05) is 22.0 Å². The van der Waals surface area contributed by atoms with Gasteiger partial charge in [-0.15, -0.1) is 22.7 Å². The van der Waals surface area contributed by atoms with Crippen LogP contribution in [0.3, 0.4) is 0 Å². The van der Waals surface area contributed by atoms with E-state index in [1.165, 1.54) is 16.2 Å². The average Bonchev–Trinajstić information content (AvgIpc) is 3.61. The van der Waals surface area contributed by atoms with Crippen LogP contribution in [0.1, 0.15) is 59.9 Å². The smallest absolute Gasteiger partial charge is 0.341 e. The number of nitrogens with zero attached hydrogens (tertiary/aromatic N) is 2. The van der Waals surface area contributed by atoms with Crippen LogP contribution >= 0.6 is 22.7 Å². The van der Waals surface area contributed by atoms with E-state index in [0.717, 1.165) is 41.1 Å². The lowest BCUT2D eigenvalue weighted by Gasteiger charge is -2.33. The third-order valence-electron chi connectivity index (χ3n) is 6.84. The van der Waals surface area contributed by atoms with Crippen LogP contribution in [0, 0.1) is 22.7 Å². The van der Waals surface area contributed by atoms with Gasteiger partial charge in [0.05, 0.1) is 17.9 Å². The molecular weight excluding hydrogens is 506 g/mol. The molecule has 0 radical (unpaired) electrons. The Labute approximate surface area is 224 Å². The fraction of sp³-hybridized carbons (Fsp3) is 0.393. The Kier molecular flexibility index (Phi) is 6.97. The number of thiazole rings is 1. The van der Waals surface area contributed by atoms with Gasteiger partial charge in [-0.1, -0.05) is 20.8 Å². The van der Waals surface area contributed by atoms with Crippen molar-refractivity contribution in [2.24, 2.45) is 11.3 Å². The van der Waals surface area contributed by atoms with Crippen LogP contribution < -0.4 is 14.8 Å². The third-order valence-corrected chi connectivity index (χ3v) is 8.90. The number of hydrogen-bond acceptors (Lipinski definition) is 9. The quantitative estimate of drug-likeness (QED) is 0.271. The highest BCUT2D eigenvalue weighted by Gasteiger charge is 2.34. The molecule has 1 aromatic carbocycles. The van der Waals surface area contributed by atoms with E-state index in [1.54, 1.807) is 17.5 Å². The summed E-state index contributed by atoms with van der Waals surface area (Å²) in [6, 6.07) is 7.92. The Morgan fingerprint density at radius 1 is 1.32 bits per heavy atom. The molecule has 0 amide bonds. The molecule has 2 aromatic heterocycles. The first-order valence-electron chi connectivity index (χ1n) is 12.3. The second-order valence-corrected chi connectivity index (χ2v) is 12.1. The van der Waals surface area contributed by atoms with Gasteiger partial charge in [-0.05, 0) is 61.3 Å². The second-order valence-electron chi connectivity index (χ2n) is 10.2. The van der Waals surface area contributed by atoms with E-state index in [-0.39, 0.29) is 18.2 Å². The number of carbonyl (C=O) groups is 1. The van der Waals surface area contributed by atoms with Crippen molar-refractivity contribution in [1.29, 1.82) is 5.26 Å². The molecule has 0 fully saturated rings. The highest BCUT2D eigenvalue weighted by Crippen LogP contribution is 2.45. The Morgan fingerprint density at radius 2 is 2.14 bits per heavy atom. The number of ether oxygens (including phenoxy) is 3. The number of carbonyl (C=O) groups excluding carboxylic acids is 1. The van der Waals surface area contributed by atoms with Crippen molar-refractivity contribution in [3.05, 3.63) is 50.8 Å². The van der Waals surface area contributed by atoms with Crippen LogP contribution in [-0.2, 0) is 17.6 Å². The van der Waals surface area contributed by atoms with Gasteiger partial charge >= 0.3 is 5.97 Å². The van der Waals surface area contributed by atoms with E-state index in [4.69, 9.17) is 14.2 Å². The molecule has 2 aliphatic rings. The van der Waals surface area contributed by atoms with Gasteiger partial charge in [-0.2, -0.15) is 5.26 Å². The normalized spacial score (nSPS) is 16.7. The summed E-state index contributed by atoms with van der Waals surface area (Å²) in [6.45, 7) is 9.16. The highest BCUT2D eigenvalue weighted by molar-refractivity contribution is 7.16. The summed E-state index contributed by atoms with van der Waals surface area (Å²) in [5.41, 5.74) is 3.92. The summed E-state index contributed by atoms with van der Waals surface area (Å²) in [5.74, 6) is 1.64. The molecule has 3 aromatic rings. The van der Waals surface area contributed by atoms with Crippen molar-refractivity contribution >= 4 is 39.2 Å². The minimum atomic E-state index is -0.317. The minimum absolute atomic E-state index is 0.202. The van der Waals surface area contributed by atoms with Crippen LogP contribution in [0.15, 0.2) is 29.8 Å². The molecule has 1 aliphatic heterocycles. The van der Waals surface area contributed by atoms with Crippen molar-refractivity contribution in [2.75, 3.05) is 18.7 Å².